The van der Waals surface area contributed by atoms with E-state index in [-0.39, 0.29) is 5.79 Å². The molecule has 0 saturated carbocycles. The molecule has 0 spiro atoms. The SMILES string of the molecule is [3H]B(Br)PBr. The van der Waals surface area contributed by atoms with E-state index in [1.807, 2.05) is 0 Å². The summed E-state index contributed by atoms with van der Waals surface area (Å²) in [5.41, 5.74) is 0. The van der Waals surface area contributed by atoms with Crippen LogP contribution >= 0.6 is 38.4 Å². The molecule has 0 amide bonds. The molecular formula is H2BBr2P. The van der Waals surface area contributed by atoms with Crippen molar-refractivity contribution in [2.75, 3.05) is 0 Å². The fraction of sp³-hybridized carbons (Fsp3) is 0. The highest BCUT2D eigenvalue weighted by atomic mass is 79.9. The van der Waals surface area contributed by atoms with Crippen molar-refractivity contribution in [2.45, 2.75) is 0 Å². The zero-order chi connectivity index (χ0) is 4.28. The molecule has 24 valence electrons. The van der Waals surface area contributed by atoms with E-state index in [0.29, 0.717) is 7.16 Å². The summed E-state index contributed by atoms with van der Waals surface area (Å²) in [6.07, 6.45) is 0. The Kier molecular flexibility index (Phi) is 4.05. The minimum atomic E-state index is -0.109. The Labute approximate surface area is 45.8 Å². The third-order valence-corrected chi connectivity index (χ3v) is 3.34. The summed E-state index contributed by atoms with van der Waals surface area (Å²) in [5, 5.41) is 0. The van der Waals surface area contributed by atoms with Crippen LogP contribution in [0, 0.1) is 0 Å². The van der Waals surface area contributed by atoms with E-state index >= 15 is 0 Å². The van der Waals surface area contributed by atoms with E-state index in [4.69, 9.17) is 1.34 Å². The zero-order valence-corrected chi connectivity index (χ0v) is 6.01. The number of halogens is 2. The quantitative estimate of drug-likeness (QED) is 0.451. The summed E-state index contributed by atoms with van der Waals surface area (Å²) >= 11 is 6.11. The third kappa shape index (κ3) is 3.45. The minimum absolute atomic E-state index is 0.109. The first-order valence-electron chi connectivity index (χ1n) is 1.27. The highest BCUT2D eigenvalue weighted by Crippen LogP contribution is 2.17. The second-order valence-electron chi connectivity index (χ2n) is 0.218. The molecule has 0 fully saturated rings. The van der Waals surface area contributed by atoms with Gasteiger partial charge in [-0.25, -0.2) is 0 Å². The van der Waals surface area contributed by atoms with Gasteiger partial charge in [-0.15, -0.1) is 0 Å². The first-order chi connectivity index (χ1) is 2.27. The first kappa shape index (κ1) is 3.64. The molecule has 0 aliphatic heterocycles. The molecule has 0 aliphatic rings. The molecule has 0 aliphatic carbocycles. The molecule has 0 N–H and O–H groups in total. The number of rotatable bonds is 1. The highest BCUT2D eigenvalue weighted by molar-refractivity contribution is 9.44. The molecular weight excluding hydrogens is 202 g/mol. The van der Waals surface area contributed by atoms with Crippen molar-refractivity contribution in [1.82, 2.24) is 0 Å². The van der Waals surface area contributed by atoms with E-state index in [2.05, 4.69) is 31.2 Å². The molecule has 4 heteroatoms. The van der Waals surface area contributed by atoms with Crippen LogP contribution in [0.4, 0.5) is 0 Å². The molecule has 0 aromatic heterocycles. The van der Waals surface area contributed by atoms with Crippen LogP contribution in [-0.2, 0) is 0 Å². The van der Waals surface area contributed by atoms with E-state index in [1.165, 1.54) is 0 Å². The van der Waals surface area contributed by atoms with Gasteiger partial charge in [0.2, 0.25) is 5.79 Å². The van der Waals surface area contributed by atoms with Crippen molar-refractivity contribution in [3.63, 3.8) is 0 Å². The largest absolute Gasteiger partial charge is 0.241 e. The van der Waals surface area contributed by atoms with Crippen molar-refractivity contribution >= 4 is 44.2 Å². The Morgan fingerprint density at radius 1 is 2.25 bits per heavy atom. The average Bonchev–Trinajstić information content (AvgIpc) is 1.38. The molecule has 1 unspecified atom stereocenters. The smallest absolute Gasteiger partial charge is 0.154 e. The van der Waals surface area contributed by atoms with Crippen LogP contribution in [0.2, 0.25) is 0 Å². The maximum Gasteiger partial charge on any atom is 0.241 e. The fourth-order valence-corrected chi connectivity index (χ4v) is 0. The molecule has 0 rings (SSSR count). The van der Waals surface area contributed by atoms with Crippen LogP contribution in [-0.4, -0.2) is 7.12 Å². The van der Waals surface area contributed by atoms with Crippen molar-refractivity contribution < 1.29 is 0 Å². The van der Waals surface area contributed by atoms with Crippen LogP contribution < -0.4 is 0 Å². The van der Waals surface area contributed by atoms with Gasteiger partial charge in [0.05, 0.1) is 0 Å². The molecule has 0 saturated heterocycles. The second kappa shape index (κ2) is 4.45. The topological polar surface area (TPSA) is 0 Å². The van der Waals surface area contributed by atoms with Crippen molar-refractivity contribution in [3.8, 4) is 0 Å². The van der Waals surface area contributed by atoms with Gasteiger partial charge in [-0.2, -0.15) is 15.8 Å². The van der Waals surface area contributed by atoms with Crippen LogP contribution in [0.5, 0.6) is 0 Å². The maximum absolute atomic E-state index is 6.71. The fourth-order valence-electron chi connectivity index (χ4n) is 0. The van der Waals surface area contributed by atoms with Gasteiger partial charge in [-0.05, 0) is 0 Å². The van der Waals surface area contributed by atoms with E-state index < -0.39 is 0 Å². The predicted octanol–water partition coefficient (Wildman–Crippen LogP) is 1.64. The Morgan fingerprint density at radius 2 is 2.50 bits per heavy atom. The van der Waals surface area contributed by atoms with Crippen LogP contribution in [0.3, 0.4) is 0 Å². The molecule has 1 atom stereocenters. The van der Waals surface area contributed by atoms with E-state index in [9.17, 15) is 0 Å². The van der Waals surface area contributed by atoms with Crippen LogP contribution in [0.15, 0.2) is 0 Å². The highest BCUT2D eigenvalue weighted by Gasteiger charge is 1.66. The van der Waals surface area contributed by atoms with Crippen molar-refractivity contribution in [3.05, 3.63) is 0 Å². The van der Waals surface area contributed by atoms with Crippen molar-refractivity contribution in [2.24, 2.45) is 0 Å². The molecule has 0 aromatic carbocycles. The zero-order valence-electron chi connectivity index (χ0n) is 2.83. The Morgan fingerprint density at radius 3 is 2.50 bits per heavy atom. The summed E-state index contributed by atoms with van der Waals surface area (Å²) in [6, 6.07) is 0. The molecule has 0 radical (unpaired) electrons. The van der Waals surface area contributed by atoms with Gasteiger partial charge < -0.3 is 0 Å². The maximum atomic E-state index is 6.71. The second-order valence-corrected chi connectivity index (χ2v) is 3.40. The van der Waals surface area contributed by atoms with Crippen LogP contribution in [0.1, 0.15) is 0 Å². The Balaban J connectivity index is 2.54. The normalized spacial score (nSPS) is 13.0. The lowest BCUT2D eigenvalue weighted by Crippen LogP contribution is -1.38. The van der Waals surface area contributed by atoms with Gasteiger partial charge in [0, 0.05) is 1.34 Å². The number of hydrogen-bond donors (Lipinski definition) is 0. The van der Waals surface area contributed by atoms with Gasteiger partial charge in [0.25, 0.3) is 0 Å². The monoisotopic (exact) mass is 204 g/mol. The van der Waals surface area contributed by atoms with Gasteiger partial charge in [-0.3, -0.25) is 0 Å². The third-order valence-electron chi connectivity index (χ3n) is 0.0412. The number of hydrogen-bond acceptors (Lipinski definition) is 0. The lowest BCUT2D eigenvalue weighted by atomic mass is 10.7. The van der Waals surface area contributed by atoms with Gasteiger partial charge in [0.15, 0.2) is 0 Å². The van der Waals surface area contributed by atoms with E-state index in [0.717, 1.165) is 0 Å². The Hall–Kier alpha value is 1.45. The van der Waals surface area contributed by atoms with Gasteiger partial charge in [0.1, 0.15) is 0 Å². The molecule has 0 heterocycles. The standard InChI is InChI=1S/BBr2H2P/c2-1-4-3/h1,4H/i1T. The summed E-state index contributed by atoms with van der Waals surface area (Å²) < 4.78 is 6.71. The van der Waals surface area contributed by atoms with Gasteiger partial charge >= 0.3 is 0 Å². The average molecular weight is 206 g/mol. The minimum Gasteiger partial charge on any atom is -0.154 e. The van der Waals surface area contributed by atoms with Gasteiger partial charge in [-0.1, -0.05) is 22.7 Å². The lowest BCUT2D eigenvalue weighted by molar-refractivity contribution is 4.93. The summed E-state index contributed by atoms with van der Waals surface area (Å²) in [4.78, 5) is 0. The molecule has 0 nitrogen and oxygen atoms in total. The molecule has 0 bridgehead atoms. The Bertz CT molecular complexity index is 23.6. The van der Waals surface area contributed by atoms with E-state index in [1.54, 1.807) is 0 Å². The lowest BCUT2D eigenvalue weighted by Gasteiger charge is -1.60. The summed E-state index contributed by atoms with van der Waals surface area (Å²) in [7, 11) is 0.510. The van der Waals surface area contributed by atoms with Crippen LogP contribution in [0.25, 0.3) is 0 Å². The predicted molar refractivity (Wildman–Crippen MR) is 33.3 cm³/mol. The molecule has 0 aromatic rings. The molecule has 4 heavy (non-hydrogen) atoms. The van der Waals surface area contributed by atoms with Crippen molar-refractivity contribution in [1.29, 1.82) is 1.34 Å². The first-order valence-corrected chi connectivity index (χ1v) is 4.95. The summed E-state index contributed by atoms with van der Waals surface area (Å²) in [6.45, 7) is 0. The summed E-state index contributed by atoms with van der Waals surface area (Å²) in [5.74, 6) is -0.109.